The third-order valence-corrected chi connectivity index (χ3v) is 6.25. The number of methoxy groups -OCH3 is 1. The Labute approximate surface area is 206 Å². The van der Waals surface area contributed by atoms with E-state index in [0.29, 0.717) is 22.1 Å². The van der Waals surface area contributed by atoms with Crippen LogP contribution in [0.15, 0.2) is 72.8 Å². The van der Waals surface area contributed by atoms with E-state index in [0.717, 1.165) is 5.56 Å². The number of ether oxygens (including phenoxy) is 1. The van der Waals surface area contributed by atoms with Crippen molar-refractivity contribution in [3.63, 3.8) is 0 Å². The zero-order chi connectivity index (χ0) is 24.2. The maximum Gasteiger partial charge on any atom is 0.256 e. The summed E-state index contributed by atoms with van der Waals surface area (Å²) in [5.74, 6) is -0.679. The molecule has 4 rings (SSSR count). The van der Waals surface area contributed by atoms with Crippen molar-refractivity contribution in [1.82, 2.24) is 4.90 Å². The van der Waals surface area contributed by atoms with Gasteiger partial charge in [0.25, 0.3) is 5.91 Å². The summed E-state index contributed by atoms with van der Waals surface area (Å²) in [6.45, 7) is 0.231. The first-order valence-corrected chi connectivity index (χ1v) is 11.2. The Morgan fingerprint density at radius 1 is 1.09 bits per heavy atom. The molecule has 6 nitrogen and oxygen atoms in total. The number of benzene rings is 3. The molecule has 0 unspecified atom stereocenters. The van der Waals surface area contributed by atoms with Crippen LogP contribution in [0, 0.1) is 5.82 Å². The van der Waals surface area contributed by atoms with Crippen molar-refractivity contribution in [1.29, 1.82) is 0 Å². The zero-order valence-electron chi connectivity index (χ0n) is 18.2. The smallest absolute Gasteiger partial charge is 0.256 e. The van der Waals surface area contributed by atoms with Crippen molar-refractivity contribution in [3.05, 3.63) is 89.2 Å². The summed E-state index contributed by atoms with van der Waals surface area (Å²) in [5, 5.41) is 3.54. The number of halogens is 2. The fraction of sp³-hybridized carbons (Fsp3) is 0.160. The number of rotatable bonds is 7. The van der Waals surface area contributed by atoms with Crippen LogP contribution in [0.3, 0.4) is 0 Å². The monoisotopic (exact) mass is 497 g/mol. The SMILES string of the molecule is COc1ccccc1NC(=O)C[C@H]1C(=O)N(c2ccc(F)cc2)C(=S)N1Cc1ccccc1Cl. The van der Waals surface area contributed by atoms with E-state index in [-0.39, 0.29) is 29.9 Å². The highest BCUT2D eigenvalue weighted by atomic mass is 35.5. The molecule has 9 heteroatoms. The van der Waals surface area contributed by atoms with Crippen molar-refractivity contribution in [2.75, 3.05) is 17.3 Å². The highest BCUT2D eigenvalue weighted by Gasteiger charge is 2.44. The van der Waals surface area contributed by atoms with Crippen LogP contribution in [0.4, 0.5) is 15.8 Å². The van der Waals surface area contributed by atoms with E-state index >= 15 is 0 Å². The Hall–Kier alpha value is -3.49. The Balaban J connectivity index is 1.63. The lowest BCUT2D eigenvalue weighted by atomic mass is 10.1. The molecule has 0 saturated carbocycles. The summed E-state index contributed by atoms with van der Waals surface area (Å²) in [5.41, 5.74) is 1.68. The lowest BCUT2D eigenvalue weighted by Crippen LogP contribution is -2.37. The molecule has 3 aromatic rings. The number of hydrogen-bond acceptors (Lipinski definition) is 4. The number of amides is 2. The van der Waals surface area contributed by atoms with Gasteiger partial charge in [-0.05, 0) is 60.2 Å². The quantitative estimate of drug-likeness (QED) is 0.464. The van der Waals surface area contributed by atoms with Crippen LogP contribution in [0.2, 0.25) is 5.02 Å². The molecule has 1 aliphatic heterocycles. The molecule has 1 saturated heterocycles. The minimum absolute atomic E-state index is 0.154. The van der Waals surface area contributed by atoms with Crippen LogP contribution in [0.1, 0.15) is 12.0 Å². The molecule has 1 heterocycles. The molecule has 0 bridgehead atoms. The Morgan fingerprint density at radius 3 is 2.47 bits per heavy atom. The lowest BCUT2D eigenvalue weighted by molar-refractivity contribution is -0.124. The molecular weight excluding hydrogens is 477 g/mol. The maximum absolute atomic E-state index is 13.5. The predicted octanol–water partition coefficient (Wildman–Crippen LogP) is 5.02. The van der Waals surface area contributed by atoms with E-state index in [1.165, 1.54) is 36.3 Å². The Kier molecular flexibility index (Phi) is 7.09. The minimum atomic E-state index is -0.872. The van der Waals surface area contributed by atoms with E-state index in [4.69, 9.17) is 28.6 Å². The molecule has 1 fully saturated rings. The van der Waals surface area contributed by atoms with Crippen molar-refractivity contribution in [2.45, 2.75) is 19.0 Å². The number of anilines is 2. The number of thiocarbonyl (C=S) groups is 1. The summed E-state index contributed by atoms with van der Waals surface area (Å²) in [7, 11) is 1.51. The average Bonchev–Trinajstić information content (AvgIpc) is 3.05. The van der Waals surface area contributed by atoms with Gasteiger partial charge in [0.2, 0.25) is 5.91 Å². The van der Waals surface area contributed by atoms with Crippen LogP contribution < -0.4 is 15.0 Å². The predicted molar refractivity (Wildman–Crippen MR) is 134 cm³/mol. The van der Waals surface area contributed by atoms with Crippen LogP contribution in [0.5, 0.6) is 5.75 Å². The number of carbonyl (C=O) groups excluding carboxylic acids is 2. The molecule has 0 spiro atoms. The van der Waals surface area contributed by atoms with E-state index in [2.05, 4.69) is 5.32 Å². The van der Waals surface area contributed by atoms with Gasteiger partial charge in [0.05, 0.1) is 24.9 Å². The number of nitrogens with zero attached hydrogens (tertiary/aromatic N) is 2. The van der Waals surface area contributed by atoms with Gasteiger partial charge in [0.15, 0.2) is 5.11 Å². The van der Waals surface area contributed by atoms with Gasteiger partial charge in [-0.2, -0.15) is 0 Å². The number of para-hydroxylation sites is 2. The Bertz CT molecular complexity index is 1240. The van der Waals surface area contributed by atoms with Crippen molar-refractivity contribution < 1.29 is 18.7 Å². The van der Waals surface area contributed by atoms with Gasteiger partial charge in [-0.15, -0.1) is 0 Å². The second-order valence-corrected chi connectivity index (χ2v) is 8.39. The number of carbonyl (C=O) groups is 2. The molecule has 0 aliphatic carbocycles. The number of nitrogens with one attached hydrogen (secondary N) is 1. The normalized spacial score (nSPS) is 15.6. The first-order chi connectivity index (χ1) is 16.4. The summed E-state index contributed by atoms with van der Waals surface area (Å²) in [6, 6.07) is 18.8. The van der Waals surface area contributed by atoms with Gasteiger partial charge in [-0.25, -0.2) is 4.39 Å². The van der Waals surface area contributed by atoms with Crippen molar-refractivity contribution in [2.24, 2.45) is 0 Å². The molecule has 3 aromatic carbocycles. The third-order valence-electron chi connectivity index (χ3n) is 5.46. The summed E-state index contributed by atoms with van der Waals surface area (Å²) < 4.78 is 18.8. The van der Waals surface area contributed by atoms with Crippen molar-refractivity contribution >= 4 is 52.1 Å². The van der Waals surface area contributed by atoms with E-state index in [1.54, 1.807) is 35.2 Å². The van der Waals surface area contributed by atoms with Crippen LogP contribution >= 0.6 is 23.8 Å². The summed E-state index contributed by atoms with van der Waals surface area (Å²) in [6.07, 6.45) is -0.154. The van der Waals surface area contributed by atoms with Gasteiger partial charge >= 0.3 is 0 Å². The first-order valence-electron chi connectivity index (χ1n) is 10.5. The van der Waals surface area contributed by atoms with Gasteiger partial charge < -0.3 is 15.0 Å². The molecule has 34 heavy (non-hydrogen) atoms. The third kappa shape index (κ3) is 4.88. The molecule has 174 valence electrons. The second kappa shape index (κ2) is 10.2. The Morgan fingerprint density at radius 2 is 1.76 bits per heavy atom. The molecule has 1 N–H and O–H groups in total. The van der Waals surface area contributed by atoms with Crippen molar-refractivity contribution in [3.8, 4) is 5.75 Å². The minimum Gasteiger partial charge on any atom is -0.495 e. The van der Waals surface area contributed by atoms with Gasteiger partial charge in [0, 0.05) is 11.6 Å². The highest BCUT2D eigenvalue weighted by molar-refractivity contribution is 7.80. The highest BCUT2D eigenvalue weighted by Crippen LogP contribution is 2.31. The van der Waals surface area contributed by atoms with E-state index in [9.17, 15) is 14.0 Å². The fourth-order valence-electron chi connectivity index (χ4n) is 3.78. The summed E-state index contributed by atoms with van der Waals surface area (Å²) in [4.78, 5) is 29.4. The molecule has 0 radical (unpaired) electrons. The fourth-order valence-corrected chi connectivity index (χ4v) is 4.36. The van der Waals surface area contributed by atoms with Crippen LogP contribution in [-0.2, 0) is 16.1 Å². The van der Waals surface area contributed by atoms with Gasteiger partial charge in [-0.1, -0.05) is 41.9 Å². The maximum atomic E-state index is 13.5. The van der Waals surface area contributed by atoms with Crippen LogP contribution in [0.25, 0.3) is 0 Å². The van der Waals surface area contributed by atoms with Gasteiger partial charge in [0.1, 0.15) is 17.6 Å². The molecule has 2 amide bonds. The van der Waals surface area contributed by atoms with E-state index in [1.807, 2.05) is 18.2 Å². The van der Waals surface area contributed by atoms with E-state index < -0.39 is 11.9 Å². The molecule has 1 atom stereocenters. The largest absolute Gasteiger partial charge is 0.495 e. The lowest BCUT2D eigenvalue weighted by Gasteiger charge is -2.24. The average molecular weight is 498 g/mol. The second-order valence-electron chi connectivity index (χ2n) is 7.62. The number of hydrogen-bond donors (Lipinski definition) is 1. The molecule has 1 aliphatic rings. The summed E-state index contributed by atoms with van der Waals surface area (Å²) >= 11 is 12.0. The van der Waals surface area contributed by atoms with Crippen LogP contribution in [-0.4, -0.2) is 35.0 Å². The molecule has 0 aromatic heterocycles. The standard InChI is InChI=1S/C25H21ClFN3O3S/c1-33-22-9-5-4-8-20(22)28-23(31)14-21-24(32)30(18-12-10-17(27)11-13-18)25(34)29(21)15-16-6-2-3-7-19(16)26/h2-13,21H,14-15H2,1H3,(H,28,31)/t21-/m0/s1. The topological polar surface area (TPSA) is 61.9 Å². The van der Waals surface area contributed by atoms with Gasteiger partial charge in [-0.3, -0.25) is 14.5 Å². The molecular formula is C25H21ClFN3O3S. The first kappa shape index (κ1) is 23.7. The zero-order valence-corrected chi connectivity index (χ0v) is 19.8.